The van der Waals surface area contributed by atoms with Crippen molar-refractivity contribution in [1.29, 1.82) is 0 Å². The third-order valence-corrected chi connectivity index (χ3v) is 3.32. The van der Waals surface area contributed by atoms with Gasteiger partial charge < -0.3 is 4.89 Å². The molecule has 1 unspecified atom stereocenters. The van der Waals surface area contributed by atoms with E-state index in [1.165, 1.54) is 18.8 Å². The monoisotopic (exact) mass is 224 g/mol. The molecule has 1 rings (SSSR count). The lowest BCUT2D eigenvalue weighted by Gasteiger charge is -2.07. The maximum atomic E-state index is 11.2. The van der Waals surface area contributed by atoms with E-state index in [-0.39, 0.29) is 10.3 Å². The molecular formula is C7H7Cl2O2P. The van der Waals surface area contributed by atoms with Gasteiger partial charge in [0.05, 0.1) is 10.3 Å². The normalized spacial score (nSPS) is 15.7. The molecule has 0 aromatic heterocycles. The Kier molecular flexibility index (Phi) is 2.84. The minimum absolute atomic E-state index is 0.205. The van der Waals surface area contributed by atoms with Gasteiger partial charge in [-0.2, -0.15) is 0 Å². The van der Waals surface area contributed by atoms with Gasteiger partial charge in [0.2, 0.25) is 7.37 Å². The molecule has 0 saturated heterocycles. The van der Waals surface area contributed by atoms with Crippen LogP contribution in [-0.4, -0.2) is 11.6 Å². The van der Waals surface area contributed by atoms with E-state index < -0.39 is 7.37 Å². The van der Waals surface area contributed by atoms with E-state index in [9.17, 15) is 9.46 Å². The molecule has 12 heavy (non-hydrogen) atoms. The van der Waals surface area contributed by atoms with Gasteiger partial charge in [0, 0.05) is 11.7 Å². The van der Waals surface area contributed by atoms with Crippen molar-refractivity contribution in [3.63, 3.8) is 0 Å². The van der Waals surface area contributed by atoms with Crippen LogP contribution in [0.25, 0.3) is 0 Å². The minimum Gasteiger partial charge on any atom is -0.341 e. The highest BCUT2D eigenvalue weighted by Crippen LogP contribution is 2.37. The summed E-state index contributed by atoms with van der Waals surface area (Å²) in [6, 6.07) is 4.49. The minimum atomic E-state index is -3.30. The van der Waals surface area contributed by atoms with Crippen LogP contribution >= 0.6 is 30.6 Å². The SMILES string of the molecule is CP(=O)(O)c1cc(Cl)ccc1Cl. The number of benzene rings is 1. The Balaban J connectivity index is 3.33. The third kappa shape index (κ3) is 2.24. The summed E-state index contributed by atoms with van der Waals surface area (Å²) in [5, 5.41) is 0.884. The van der Waals surface area contributed by atoms with Gasteiger partial charge in [0.15, 0.2) is 0 Å². The molecule has 0 fully saturated rings. The van der Waals surface area contributed by atoms with Crippen LogP contribution in [0.15, 0.2) is 18.2 Å². The number of hydrogen-bond acceptors (Lipinski definition) is 1. The molecule has 0 aliphatic rings. The van der Waals surface area contributed by atoms with Crippen LogP contribution in [0.1, 0.15) is 0 Å². The van der Waals surface area contributed by atoms with Crippen LogP contribution in [0.5, 0.6) is 0 Å². The summed E-state index contributed by atoms with van der Waals surface area (Å²) in [5.41, 5.74) is 0. The number of hydrogen-bond donors (Lipinski definition) is 1. The first-order valence-electron chi connectivity index (χ1n) is 3.17. The molecule has 0 saturated carbocycles. The first kappa shape index (κ1) is 10.1. The Labute approximate surface area is 80.6 Å². The summed E-state index contributed by atoms with van der Waals surface area (Å²) in [6.07, 6.45) is 0. The Morgan fingerprint density at radius 2 is 2.00 bits per heavy atom. The maximum absolute atomic E-state index is 11.2. The second kappa shape index (κ2) is 3.39. The van der Waals surface area contributed by atoms with Crippen LogP contribution in [0.2, 0.25) is 10.0 Å². The molecule has 2 nitrogen and oxygen atoms in total. The largest absolute Gasteiger partial charge is 0.341 e. The molecule has 0 aliphatic carbocycles. The molecule has 1 atom stereocenters. The van der Waals surface area contributed by atoms with Gasteiger partial charge in [0.1, 0.15) is 0 Å². The standard InChI is InChI=1S/C7H7Cl2O2P/c1-12(10,11)7-4-5(8)2-3-6(7)9/h2-4H,1H3,(H,10,11). The molecule has 1 N–H and O–H groups in total. The third-order valence-electron chi connectivity index (χ3n) is 1.36. The van der Waals surface area contributed by atoms with Gasteiger partial charge in [-0.25, -0.2) is 0 Å². The highest BCUT2D eigenvalue weighted by Gasteiger charge is 2.17. The van der Waals surface area contributed by atoms with Crippen molar-refractivity contribution < 1.29 is 9.46 Å². The highest BCUT2D eigenvalue weighted by molar-refractivity contribution is 7.65. The molecule has 5 heteroatoms. The van der Waals surface area contributed by atoms with Gasteiger partial charge in [-0.1, -0.05) is 23.2 Å². The van der Waals surface area contributed by atoms with Crippen molar-refractivity contribution in [2.75, 3.05) is 6.66 Å². The molecule has 66 valence electrons. The van der Waals surface area contributed by atoms with Crippen molar-refractivity contribution >= 4 is 35.9 Å². The van der Waals surface area contributed by atoms with E-state index in [4.69, 9.17) is 23.2 Å². The molecule has 0 amide bonds. The Morgan fingerprint density at radius 1 is 1.42 bits per heavy atom. The van der Waals surface area contributed by atoms with E-state index in [0.29, 0.717) is 5.02 Å². The second-order valence-electron chi connectivity index (χ2n) is 2.47. The van der Waals surface area contributed by atoms with Crippen molar-refractivity contribution in [3.05, 3.63) is 28.2 Å². The molecule has 0 heterocycles. The van der Waals surface area contributed by atoms with Crippen LogP contribution in [0, 0.1) is 0 Å². The maximum Gasteiger partial charge on any atom is 0.228 e. The fourth-order valence-electron chi connectivity index (χ4n) is 0.804. The topological polar surface area (TPSA) is 37.3 Å². The van der Waals surface area contributed by atoms with Crippen LogP contribution < -0.4 is 5.30 Å². The zero-order valence-electron chi connectivity index (χ0n) is 6.29. The Bertz CT molecular complexity index is 345. The first-order chi connectivity index (χ1) is 5.41. The average molecular weight is 225 g/mol. The Morgan fingerprint density at radius 3 is 2.42 bits per heavy atom. The number of rotatable bonds is 1. The van der Waals surface area contributed by atoms with Gasteiger partial charge in [-0.05, 0) is 18.2 Å². The van der Waals surface area contributed by atoms with E-state index >= 15 is 0 Å². The zero-order chi connectivity index (χ0) is 9.35. The summed E-state index contributed by atoms with van der Waals surface area (Å²) in [5.74, 6) is 0. The molecule has 0 spiro atoms. The molecule has 1 aromatic carbocycles. The summed E-state index contributed by atoms with van der Waals surface area (Å²) in [7, 11) is -3.30. The lowest BCUT2D eigenvalue weighted by Crippen LogP contribution is -2.04. The van der Waals surface area contributed by atoms with Gasteiger partial charge in [-0.3, -0.25) is 4.57 Å². The van der Waals surface area contributed by atoms with Gasteiger partial charge in [0.25, 0.3) is 0 Å². The van der Waals surface area contributed by atoms with Crippen LogP contribution in [0.4, 0.5) is 0 Å². The zero-order valence-corrected chi connectivity index (χ0v) is 8.70. The fraction of sp³-hybridized carbons (Fsp3) is 0.143. The molecule has 0 radical (unpaired) electrons. The van der Waals surface area contributed by atoms with E-state index in [1.807, 2.05) is 0 Å². The fourth-order valence-corrected chi connectivity index (χ4v) is 2.49. The molecule has 1 aromatic rings. The molecule has 0 aliphatic heterocycles. The quantitative estimate of drug-likeness (QED) is 0.745. The van der Waals surface area contributed by atoms with Crippen molar-refractivity contribution in [3.8, 4) is 0 Å². The Hall–Kier alpha value is -0.0100. The number of halogens is 2. The average Bonchev–Trinajstić information content (AvgIpc) is 1.92. The van der Waals surface area contributed by atoms with Crippen LogP contribution in [0.3, 0.4) is 0 Å². The lowest BCUT2D eigenvalue weighted by atomic mass is 10.4. The van der Waals surface area contributed by atoms with Gasteiger partial charge >= 0.3 is 0 Å². The smallest absolute Gasteiger partial charge is 0.228 e. The van der Waals surface area contributed by atoms with Crippen molar-refractivity contribution in [2.24, 2.45) is 0 Å². The highest BCUT2D eigenvalue weighted by atomic mass is 35.5. The predicted molar refractivity (Wildman–Crippen MR) is 51.8 cm³/mol. The first-order valence-corrected chi connectivity index (χ1v) is 6.03. The van der Waals surface area contributed by atoms with E-state index in [2.05, 4.69) is 0 Å². The molecule has 0 bridgehead atoms. The molecular weight excluding hydrogens is 218 g/mol. The predicted octanol–water partition coefficient (Wildman–Crippen LogP) is 2.52. The van der Waals surface area contributed by atoms with Crippen molar-refractivity contribution in [1.82, 2.24) is 0 Å². The lowest BCUT2D eigenvalue weighted by molar-refractivity contribution is 0.496. The van der Waals surface area contributed by atoms with E-state index in [1.54, 1.807) is 6.07 Å². The summed E-state index contributed by atoms with van der Waals surface area (Å²) >= 11 is 11.3. The summed E-state index contributed by atoms with van der Waals surface area (Å²) in [4.78, 5) is 9.21. The van der Waals surface area contributed by atoms with Crippen molar-refractivity contribution in [2.45, 2.75) is 0 Å². The van der Waals surface area contributed by atoms with Crippen LogP contribution in [-0.2, 0) is 4.57 Å². The summed E-state index contributed by atoms with van der Waals surface area (Å²) in [6.45, 7) is 1.23. The summed E-state index contributed by atoms with van der Waals surface area (Å²) < 4.78 is 11.2. The second-order valence-corrected chi connectivity index (χ2v) is 5.56. The van der Waals surface area contributed by atoms with Gasteiger partial charge in [-0.15, -0.1) is 0 Å². The van der Waals surface area contributed by atoms with E-state index in [0.717, 1.165) is 0 Å².